The zero-order chi connectivity index (χ0) is 19.9. The number of nitrogens with one attached hydrogen (secondary N) is 1. The van der Waals surface area contributed by atoms with Crippen LogP contribution in [0.15, 0.2) is 53.4 Å². The van der Waals surface area contributed by atoms with Gasteiger partial charge in [0.2, 0.25) is 10.0 Å². The van der Waals surface area contributed by atoms with Crippen molar-refractivity contribution in [2.24, 2.45) is 0 Å². The van der Waals surface area contributed by atoms with Crippen LogP contribution in [0.5, 0.6) is 11.5 Å². The summed E-state index contributed by atoms with van der Waals surface area (Å²) in [6.45, 7) is -0.341. The third-order valence-electron chi connectivity index (χ3n) is 3.32. The van der Waals surface area contributed by atoms with Crippen LogP contribution in [0, 0.1) is 11.8 Å². The van der Waals surface area contributed by atoms with Crippen molar-refractivity contribution in [1.29, 1.82) is 0 Å². The van der Waals surface area contributed by atoms with Crippen molar-refractivity contribution in [3.8, 4) is 23.3 Å². The molecule has 0 amide bonds. The Morgan fingerprint density at radius 2 is 1.74 bits per heavy atom. The van der Waals surface area contributed by atoms with Gasteiger partial charge < -0.3 is 9.47 Å². The molecule has 0 saturated carbocycles. The molecule has 5 nitrogen and oxygen atoms in total. The highest BCUT2D eigenvalue weighted by atomic mass is 32.2. The van der Waals surface area contributed by atoms with Crippen LogP contribution in [-0.2, 0) is 16.2 Å². The number of alkyl halides is 3. The van der Waals surface area contributed by atoms with Gasteiger partial charge in [-0.25, -0.2) is 8.42 Å². The topological polar surface area (TPSA) is 64.6 Å². The molecule has 0 aliphatic carbocycles. The number of rotatable bonds is 6. The molecule has 2 aromatic carbocycles. The smallest absolute Gasteiger partial charge is 0.416 e. The Bertz CT molecular complexity index is 930. The van der Waals surface area contributed by atoms with Crippen molar-refractivity contribution in [3.05, 3.63) is 54.1 Å². The van der Waals surface area contributed by atoms with Gasteiger partial charge in [-0.1, -0.05) is 17.9 Å². The highest BCUT2D eigenvalue weighted by Gasteiger charge is 2.30. The second kappa shape index (κ2) is 8.79. The average Bonchev–Trinajstić information content (AvgIpc) is 2.64. The lowest BCUT2D eigenvalue weighted by Crippen LogP contribution is -2.24. The van der Waals surface area contributed by atoms with E-state index in [0.717, 1.165) is 12.1 Å². The summed E-state index contributed by atoms with van der Waals surface area (Å²) < 4.78 is 74.3. The highest BCUT2D eigenvalue weighted by molar-refractivity contribution is 7.89. The molecule has 0 aliphatic heterocycles. The van der Waals surface area contributed by atoms with Gasteiger partial charge >= 0.3 is 6.18 Å². The minimum Gasteiger partial charge on any atom is -0.497 e. The molecule has 0 radical (unpaired) electrons. The number of methoxy groups -OCH3 is 1. The van der Waals surface area contributed by atoms with E-state index in [0.29, 0.717) is 5.75 Å². The van der Waals surface area contributed by atoms with Crippen molar-refractivity contribution in [2.75, 3.05) is 20.3 Å². The molecule has 0 aliphatic rings. The lowest BCUT2D eigenvalue weighted by Gasteiger charge is -2.08. The Labute approximate surface area is 155 Å². The largest absolute Gasteiger partial charge is 0.497 e. The van der Waals surface area contributed by atoms with Gasteiger partial charge in [0.15, 0.2) is 0 Å². The van der Waals surface area contributed by atoms with E-state index in [-0.39, 0.29) is 23.8 Å². The molecule has 0 heterocycles. The van der Waals surface area contributed by atoms with E-state index >= 15 is 0 Å². The second-order valence-electron chi connectivity index (χ2n) is 5.17. The lowest BCUT2D eigenvalue weighted by molar-refractivity contribution is -0.137. The fourth-order valence-electron chi connectivity index (χ4n) is 1.96. The summed E-state index contributed by atoms with van der Waals surface area (Å²) in [6, 6.07) is 10.2. The van der Waals surface area contributed by atoms with Gasteiger partial charge in [0, 0.05) is 0 Å². The molecule has 9 heteroatoms. The average molecular weight is 399 g/mol. The highest BCUT2D eigenvalue weighted by Crippen LogP contribution is 2.31. The normalized spacial score (nSPS) is 11.4. The molecule has 0 atom stereocenters. The Morgan fingerprint density at radius 3 is 2.37 bits per heavy atom. The maximum absolute atomic E-state index is 12.6. The molecule has 2 rings (SSSR count). The van der Waals surface area contributed by atoms with Gasteiger partial charge in [-0.05, 0) is 42.5 Å². The minimum atomic E-state index is -4.45. The SMILES string of the molecule is COc1ccc(S(=O)(=O)NCC#CCOc2cccc(C(F)(F)F)c2)cc1. The first-order valence-corrected chi connectivity index (χ1v) is 9.10. The zero-order valence-corrected chi connectivity index (χ0v) is 15.0. The van der Waals surface area contributed by atoms with Crippen molar-refractivity contribution >= 4 is 10.0 Å². The number of halogens is 3. The summed E-state index contributed by atoms with van der Waals surface area (Å²) in [4.78, 5) is 0.0605. The van der Waals surface area contributed by atoms with E-state index in [1.54, 1.807) is 0 Å². The summed E-state index contributed by atoms with van der Waals surface area (Å²) >= 11 is 0. The van der Waals surface area contributed by atoms with Crippen LogP contribution in [0.3, 0.4) is 0 Å². The maximum atomic E-state index is 12.6. The molecule has 0 aromatic heterocycles. The summed E-state index contributed by atoms with van der Waals surface area (Å²) in [6.07, 6.45) is -4.45. The van der Waals surface area contributed by atoms with Crippen LogP contribution in [0.1, 0.15) is 5.56 Å². The molecular weight excluding hydrogens is 383 g/mol. The molecule has 27 heavy (non-hydrogen) atoms. The van der Waals surface area contributed by atoms with E-state index < -0.39 is 21.8 Å². The van der Waals surface area contributed by atoms with Gasteiger partial charge in [0.05, 0.1) is 24.1 Å². The van der Waals surface area contributed by atoms with E-state index in [1.165, 1.54) is 43.5 Å². The molecule has 0 bridgehead atoms. The zero-order valence-electron chi connectivity index (χ0n) is 14.2. The van der Waals surface area contributed by atoms with Crippen molar-refractivity contribution in [2.45, 2.75) is 11.1 Å². The van der Waals surface area contributed by atoms with Crippen LogP contribution in [0.25, 0.3) is 0 Å². The Kier molecular flexibility index (Phi) is 6.71. The molecule has 0 unspecified atom stereocenters. The summed E-state index contributed by atoms with van der Waals surface area (Å²) in [7, 11) is -2.25. The molecule has 0 saturated heterocycles. The summed E-state index contributed by atoms with van der Waals surface area (Å²) in [5.74, 6) is 5.62. The predicted octanol–water partition coefficient (Wildman–Crippen LogP) is 3.07. The van der Waals surface area contributed by atoms with Gasteiger partial charge in [-0.3, -0.25) is 0 Å². The standard InChI is InChI=1S/C18H16F3NO4S/c1-25-15-7-9-17(10-8-15)27(23,24)22-11-2-3-12-26-16-6-4-5-14(13-16)18(19,20)21/h4-10,13,22H,11-12H2,1H3. The van der Waals surface area contributed by atoms with E-state index in [2.05, 4.69) is 16.6 Å². The van der Waals surface area contributed by atoms with E-state index in [9.17, 15) is 21.6 Å². The first-order chi connectivity index (χ1) is 12.7. The quantitative estimate of drug-likeness (QED) is 0.759. The summed E-state index contributed by atoms with van der Waals surface area (Å²) in [5, 5.41) is 0. The summed E-state index contributed by atoms with van der Waals surface area (Å²) in [5.41, 5.74) is -0.819. The molecule has 0 fully saturated rings. The fourth-order valence-corrected chi connectivity index (χ4v) is 2.89. The van der Waals surface area contributed by atoms with Gasteiger partial charge in [-0.15, -0.1) is 0 Å². The van der Waals surface area contributed by atoms with Crippen LogP contribution in [0.2, 0.25) is 0 Å². The number of sulfonamides is 1. The van der Waals surface area contributed by atoms with Gasteiger partial charge in [-0.2, -0.15) is 17.9 Å². The number of ether oxygens (including phenoxy) is 2. The monoisotopic (exact) mass is 399 g/mol. The number of benzene rings is 2. The van der Waals surface area contributed by atoms with E-state index in [4.69, 9.17) is 9.47 Å². The van der Waals surface area contributed by atoms with Crippen molar-refractivity contribution in [3.63, 3.8) is 0 Å². The van der Waals surface area contributed by atoms with Crippen molar-refractivity contribution < 1.29 is 31.1 Å². The third-order valence-corrected chi connectivity index (χ3v) is 4.73. The number of hydrogen-bond donors (Lipinski definition) is 1. The van der Waals surface area contributed by atoms with E-state index in [1.807, 2.05) is 0 Å². The van der Waals surface area contributed by atoms with Crippen molar-refractivity contribution in [1.82, 2.24) is 4.72 Å². The minimum absolute atomic E-state index is 0.0259. The lowest BCUT2D eigenvalue weighted by atomic mass is 10.2. The molecular formula is C18H16F3NO4S. The molecule has 144 valence electrons. The third kappa shape index (κ3) is 6.20. The molecule has 2 aromatic rings. The van der Waals surface area contributed by atoms with Crippen LogP contribution in [0.4, 0.5) is 13.2 Å². The fraction of sp³-hybridized carbons (Fsp3) is 0.222. The Hall–Kier alpha value is -2.70. The molecule has 0 spiro atoms. The molecule has 1 N–H and O–H groups in total. The Balaban J connectivity index is 1.85. The first kappa shape index (κ1) is 20.6. The van der Waals surface area contributed by atoms with Gasteiger partial charge in [0.25, 0.3) is 0 Å². The predicted molar refractivity (Wildman–Crippen MR) is 92.9 cm³/mol. The van der Waals surface area contributed by atoms with Crippen LogP contribution >= 0.6 is 0 Å². The van der Waals surface area contributed by atoms with Gasteiger partial charge in [0.1, 0.15) is 18.1 Å². The first-order valence-electron chi connectivity index (χ1n) is 7.62. The van der Waals surface area contributed by atoms with Crippen LogP contribution in [-0.4, -0.2) is 28.7 Å². The van der Waals surface area contributed by atoms with Crippen LogP contribution < -0.4 is 14.2 Å². The number of hydrogen-bond acceptors (Lipinski definition) is 4. The Morgan fingerprint density at radius 1 is 1.04 bits per heavy atom. The second-order valence-corrected chi connectivity index (χ2v) is 6.93. The maximum Gasteiger partial charge on any atom is 0.416 e.